The average molecular weight is 168 g/mol. The molecule has 0 aromatic carbocycles. The van der Waals surface area contributed by atoms with E-state index in [1.165, 1.54) is 18.6 Å². The van der Waals surface area contributed by atoms with E-state index in [0.29, 0.717) is 5.92 Å². The van der Waals surface area contributed by atoms with E-state index in [1.807, 2.05) is 12.2 Å². The highest BCUT2D eigenvalue weighted by Crippen LogP contribution is 2.14. The van der Waals surface area contributed by atoms with Crippen LogP contribution in [0, 0.1) is 5.92 Å². The Bertz CT molecular complexity index is 193. The maximum absolute atomic E-state index is 12.4. The first-order chi connectivity index (χ1) is 5.57. The van der Waals surface area contributed by atoms with Gasteiger partial charge in [0.05, 0.1) is 5.83 Å². The number of hydrogen-bond donors (Lipinski definition) is 0. The predicted octanol–water partition coefficient (Wildman–Crippen LogP) is 4.02. The van der Waals surface area contributed by atoms with Crippen LogP contribution >= 0.6 is 0 Å². The molecule has 0 saturated heterocycles. The van der Waals surface area contributed by atoms with Crippen molar-refractivity contribution in [1.29, 1.82) is 0 Å². The molecule has 0 aliphatic heterocycles. The summed E-state index contributed by atoms with van der Waals surface area (Å²) in [5, 5.41) is 0. The molecule has 0 heterocycles. The van der Waals surface area contributed by atoms with Crippen molar-refractivity contribution < 1.29 is 4.39 Å². The van der Waals surface area contributed by atoms with Crippen LogP contribution in [0.4, 0.5) is 4.39 Å². The second kappa shape index (κ2) is 5.76. The van der Waals surface area contributed by atoms with Crippen molar-refractivity contribution in [3.63, 3.8) is 0 Å². The first-order valence-electron chi connectivity index (χ1n) is 4.21. The fourth-order valence-corrected chi connectivity index (χ4v) is 0.885. The molecule has 1 heteroatoms. The molecular formula is C11H17F. The van der Waals surface area contributed by atoms with Gasteiger partial charge in [0.25, 0.3) is 0 Å². The van der Waals surface area contributed by atoms with Crippen molar-refractivity contribution in [2.75, 3.05) is 0 Å². The second-order valence-corrected chi connectivity index (χ2v) is 3.14. The molecule has 0 saturated carbocycles. The number of halogens is 1. The van der Waals surface area contributed by atoms with Gasteiger partial charge in [0, 0.05) is 0 Å². The highest BCUT2D eigenvalue weighted by molar-refractivity contribution is 5.17. The predicted molar refractivity (Wildman–Crippen MR) is 52.6 cm³/mol. The fourth-order valence-electron chi connectivity index (χ4n) is 0.885. The van der Waals surface area contributed by atoms with Gasteiger partial charge in [0.1, 0.15) is 0 Å². The lowest BCUT2D eigenvalue weighted by Crippen LogP contribution is -1.91. The summed E-state index contributed by atoms with van der Waals surface area (Å²) in [6.07, 6.45) is 6.01. The fraction of sp³-hybridized carbons (Fsp3) is 0.455. The molecule has 0 aromatic heterocycles. The summed E-state index contributed by atoms with van der Waals surface area (Å²) in [5.74, 6) is 0.302. The van der Waals surface area contributed by atoms with E-state index in [0.717, 1.165) is 6.42 Å². The molecule has 0 spiro atoms. The molecule has 0 unspecified atom stereocenters. The smallest absolute Gasteiger partial charge is 0.0968 e. The summed E-state index contributed by atoms with van der Waals surface area (Å²) in [4.78, 5) is 0. The molecule has 0 fully saturated rings. The molecule has 12 heavy (non-hydrogen) atoms. The zero-order valence-corrected chi connectivity index (χ0v) is 8.10. The Morgan fingerprint density at radius 3 is 2.33 bits per heavy atom. The van der Waals surface area contributed by atoms with E-state index in [-0.39, 0.29) is 5.83 Å². The quantitative estimate of drug-likeness (QED) is 0.439. The maximum atomic E-state index is 12.4. The van der Waals surface area contributed by atoms with Gasteiger partial charge >= 0.3 is 0 Å². The van der Waals surface area contributed by atoms with E-state index in [9.17, 15) is 4.39 Å². The van der Waals surface area contributed by atoms with Crippen LogP contribution in [0.5, 0.6) is 0 Å². The van der Waals surface area contributed by atoms with Crippen LogP contribution in [0.15, 0.2) is 36.2 Å². The third-order valence-corrected chi connectivity index (χ3v) is 1.65. The summed E-state index contributed by atoms with van der Waals surface area (Å²) in [5.41, 5.74) is 1.21. The van der Waals surface area contributed by atoms with Crippen molar-refractivity contribution in [3.05, 3.63) is 36.2 Å². The van der Waals surface area contributed by atoms with Crippen molar-refractivity contribution in [2.24, 2.45) is 5.92 Å². The van der Waals surface area contributed by atoms with Crippen molar-refractivity contribution in [1.82, 2.24) is 0 Å². The summed E-state index contributed by atoms with van der Waals surface area (Å²) in [6.45, 7) is 9.29. The van der Waals surface area contributed by atoms with Crippen LogP contribution in [-0.4, -0.2) is 0 Å². The van der Waals surface area contributed by atoms with Gasteiger partial charge in [-0.15, -0.1) is 6.58 Å². The van der Waals surface area contributed by atoms with E-state index < -0.39 is 0 Å². The lowest BCUT2D eigenvalue weighted by atomic mass is 10.00. The van der Waals surface area contributed by atoms with Crippen LogP contribution in [0.25, 0.3) is 0 Å². The maximum Gasteiger partial charge on any atom is 0.0968 e. The van der Waals surface area contributed by atoms with Crippen molar-refractivity contribution in [3.8, 4) is 0 Å². The Labute approximate surface area is 74.5 Å². The van der Waals surface area contributed by atoms with Gasteiger partial charge in [0.15, 0.2) is 0 Å². The normalized spacial score (nSPS) is 13.8. The van der Waals surface area contributed by atoms with Crippen LogP contribution in [0.3, 0.4) is 0 Å². The third-order valence-electron chi connectivity index (χ3n) is 1.65. The molecule has 0 aromatic rings. The molecule has 0 bridgehead atoms. The zero-order valence-electron chi connectivity index (χ0n) is 8.10. The minimum absolute atomic E-state index is 0.155. The summed E-state index contributed by atoms with van der Waals surface area (Å²) in [7, 11) is 0. The lowest BCUT2D eigenvalue weighted by molar-refractivity contribution is 0.640. The molecule has 0 radical (unpaired) electrons. The molecule has 0 nitrogen and oxygen atoms in total. The topological polar surface area (TPSA) is 0 Å². The first-order valence-corrected chi connectivity index (χ1v) is 4.21. The highest BCUT2D eigenvalue weighted by Gasteiger charge is 1.98. The minimum atomic E-state index is -0.155. The third kappa shape index (κ3) is 4.89. The van der Waals surface area contributed by atoms with Crippen molar-refractivity contribution >= 4 is 0 Å². The monoisotopic (exact) mass is 168 g/mol. The second-order valence-electron chi connectivity index (χ2n) is 3.14. The Morgan fingerprint density at radius 2 is 2.00 bits per heavy atom. The molecule has 0 aliphatic carbocycles. The van der Waals surface area contributed by atoms with Crippen LogP contribution in [0.2, 0.25) is 0 Å². The average Bonchev–Trinajstić information content (AvgIpc) is 1.96. The number of hydrogen-bond acceptors (Lipinski definition) is 0. The molecular weight excluding hydrogens is 151 g/mol. The molecule has 0 rings (SSSR count). The van der Waals surface area contributed by atoms with E-state index in [1.54, 1.807) is 0 Å². The Morgan fingerprint density at radius 1 is 1.42 bits per heavy atom. The lowest BCUT2D eigenvalue weighted by Gasteiger charge is -2.06. The van der Waals surface area contributed by atoms with E-state index in [4.69, 9.17) is 0 Å². The molecule has 0 aliphatic rings. The van der Waals surface area contributed by atoms with E-state index in [2.05, 4.69) is 20.4 Å². The highest BCUT2D eigenvalue weighted by atomic mass is 19.1. The van der Waals surface area contributed by atoms with Gasteiger partial charge in [-0.05, 0) is 25.3 Å². The number of rotatable bonds is 4. The van der Waals surface area contributed by atoms with Gasteiger partial charge in [-0.3, -0.25) is 0 Å². The number of allylic oxidation sites excluding steroid dienone is 5. The Kier molecular flexibility index (Phi) is 5.35. The van der Waals surface area contributed by atoms with Gasteiger partial charge in [0.2, 0.25) is 0 Å². The molecule has 0 amide bonds. The molecule has 0 atom stereocenters. The standard InChI is InChI=1S/C11H17F/c1-5-6-11(9(2)3)8-7-10(4)12/h5,7-9H,1,6H2,2-4H3/b10-7+,11-8+. The first kappa shape index (κ1) is 11.2. The van der Waals surface area contributed by atoms with Crippen molar-refractivity contribution in [2.45, 2.75) is 27.2 Å². The molecule has 0 N–H and O–H groups in total. The summed E-state index contributed by atoms with van der Waals surface area (Å²) < 4.78 is 12.4. The van der Waals surface area contributed by atoms with Gasteiger partial charge in [-0.2, -0.15) is 0 Å². The zero-order chi connectivity index (χ0) is 9.56. The Hall–Kier alpha value is -0.850. The minimum Gasteiger partial charge on any atom is -0.212 e. The summed E-state index contributed by atoms with van der Waals surface area (Å²) >= 11 is 0. The van der Waals surface area contributed by atoms with Crippen LogP contribution in [-0.2, 0) is 0 Å². The van der Waals surface area contributed by atoms with Gasteiger partial charge < -0.3 is 0 Å². The van der Waals surface area contributed by atoms with E-state index >= 15 is 0 Å². The SMILES string of the molecule is C=CC/C(=C\C=C(/C)F)C(C)C. The molecule has 68 valence electrons. The van der Waals surface area contributed by atoms with Gasteiger partial charge in [-0.1, -0.05) is 31.6 Å². The summed E-state index contributed by atoms with van der Waals surface area (Å²) in [6, 6.07) is 0. The van der Waals surface area contributed by atoms with Crippen LogP contribution in [0.1, 0.15) is 27.2 Å². The van der Waals surface area contributed by atoms with Gasteiger partial charge in [-0.25, -0.2) is 4.39 Å². The Balaban J connectivity index is 4.38. The largest absolute Gasteiger partial charge is 0.212 e. The van der Waals surface area contributed by atoms with Crippen LogP contribution < -0.4 is 0 Å².